The first-order valence-electron chi connectivity index (χ1n) is 10.1. The van der Waals surface area contributed by atoms with Crippen LogP contribution in [0, 0.1) is 5.82 Å². The van der Waals surface area contributed by atoms with Crippen molar-refractivity contribution in [2.45, 2.75) is 10.9 Å². The predicted molar refractivity (Wildman–Crippen MR) is 122 cm³/mol. The van der Waals surface area contributed by atoms with Gasteiger partial charge in [0.25, 0.3) is 0 Å². The topological polar surface area (TPSA) is 79.8 Å². The second kappa shape index (κ2) is 10.9. The molecule has 2 heterocycles. The molecule has 8 nitrogen and oxygen atoms in total. The van der Waals surface area contributed by atoms with Crippen molar-refractivity contribution in [3.63, 3.8) is 0 Å². The summed E-state index contributed by atoms with van der Waals surface area (Å²) in [5.74, 6) is -0.431. The summed E-state index contributed by atoms with van der Waals surface area (Å²) in [7, 11) is 5.39. The number of morpholine rings is 1. The molecule has 1 aliphatic rings. The van der Waals surface area contributed by atoms with Crippen LogP contribution in [0.15, 0.2) is 24.3 Å². The van der Waals surface area contributed by atoms with Crippen LogP contribution in [-0.4, -0.2) is 84.6 Å². The maximum absolute atomic E-state index is 14.3. The fourth-order valence-electron chi connectivity index (χ4n) is 3.06. The number of aromatic nitrogens is 2. The summed E-state index contributed by atoms with van der Waals surface area (Å²) in [5.41, 5.74) is 3.32. The molecule has 3 rings (SSSR count). The van der Waals surface area contributed by atoms with Crippen molar-refractivity contribution in [2.75, 3.05) is 69.2 Å². The zero-order valence-corrected chi connectivity index (χ0v) is 20.3. The van der Waals surface area contributed by atoms with Crippen LogP contribution in [0.1, 0.15) is 10.5 Å². The Hall–Kier alpha value is -2.22. The molecular formula is C21H29AsFN5O3. The second-order valence-electron chi connectivity index (χ2n) is 7.44. The molecule has 2 aromatic rings. The normalized spacial score (nSPS) is 14.9. The Balaban J connectivity index is 1.91. The number of carbonyl (C=O) groups excluding carboxylic acids is 1. The van der Waals surface area contributed by atoms with Gasteiger partial charge in [-0.15, -0.1) is 0 Å². The monoisotopic (exact) mass is 493 g/mol. The molecule has 1 aromatic heterocycles. The van der Waals surface area contributed by atoms with Crippen LogP contribution in [0.3, 0.4) is 0 Å². The van der Waals surface area contributed by atoms with Crippen LogP contribution < -0.4 is 19.6 Å². The van der Waals surface area contributed by atoms with Crippen molar-refractivity contribution in [3.05, 3.63) is 35.8 Å². The first-order valence-corrected chi connectivity index (χ1v) is 14.2. The molecule has 0 bridgehead atoms. The second-order valence-corrected chi connectivity index (χ2v) is 12.3. The average Bonchev–Trinajstić information content (AvgIpc) is 2.78. The Labute approximate surface area is 187 Å². The van der Waals surface area contributed by atoms with Crippen LogP contribution in [-0.2, 0) is 9.47 Å². The number of methoxy groups -OCH3 is 1. The summed E-state index contributed by atoms with van der Waals surface area (Å²) in [6.45, 7) is 3.17. The number of hydrogen-bond acceptors (Lipinski definition) is 7. The molecule has 0 spiro atoms. The van der Waals surface area contributed by atoms with E-state index in [4.69, 9.17) is 14.5 Å². The molecule has 0 radical (unpaired) electrons. The Bertz CT molecular complexity index is 909. The molecule has 31 heavy (non-hydrogen) atoms. The fourth-order valence-corrected chi connectivity index (χ4v) is 5.76. The Kier molecular flexibility index (Phi) is 8.23. The van der Waals surface area contributed by atoms with E-state index in [-0.39, 0.29) is 11.4 Å². The van der Waals surface area contributed by atoms with Gasteiger partial charge >= 0.3 is 187 Å². The third-order valence-electron chi connectivity index (χ3n) is 4.96. The zero-order chi connectivity index (χ0) is 22.4. The van der Waals surface area contributed by atoms with E-state index in [0.717, 1.165) is 15.4 Å². The van der Waals surface area contributed by atoms with Crippen molar-refractivity contribution in [3.8, 4) is 0 Å². The number of rotatable bonds is 8. The third kappa shape index (κ3) is 6.15. The van der Waals surface area contributed by atoms with Gasteiger partial charge in [0.15, 0.2) is 0 Å². The number of nitrogens with one attached hydrogen (secondary N) is 1. The van der Waals surface area contributed by atoms with Gasteiger partial charge in [0, 0.05) is 0 Å². The first kappa shape index (κ1) is 23.4. The number of carbonyl (C=O) groups is 1. The summed E-state index contributed by atoms with van der Waals surface area (Å²) < 4.78 is 25.9. The van der Waals surface area contributed by atoms with Gasteiger partial charge in [0.2, 0.25) is 0 Å². The van der Waals surface area contributed by atoms with Gasteiger partial charge in [-0.05, 0) is 0 Å². The van der Waals surface area contributed by atoms with Gasteiger partial charge in [0.05, 0.1) is 0 Å². The number of benzene rings is 1. The molecule has 168 valence electrons. The van der Waals surface area contributed by atoms with Crippen LogP contribution in [0.25, 0.3) is 0 Å². The van der Waals surface area contributed by atoms with Crippen LogP contribution >= 0.6 is 0 Å². The number of amides is 1. The van der Waals surface area contributed by atoms with E-state index in [9.17, 15) is 9.18 Å². The van der Waals surface area contributed by atoms with Crippen molar-refractivity contribution in [1.82, 2.24) is 9.97 Å². The molecule has 10 heteroatoms. The molecule has 1 aromatic carbocycles. The first-order chi connectivity index (χ1) is 14.9. The summed E-state index contributed by atoms with van der Waals surface area (Å²) in [6, 6.07) is 6.35. The fraction of sp³-hybridized carbons (Fsp3) is 0.476. The summed E-state index contributed by atoms with van der Waals surface area (Å²) in [5, 5.41) is 3.59. The molecule has 0 aliphatic carbocycles. The summed E-state index contributed by atoms with van der Waals surface area (Å²) >= 11 is -1.52. The van der Waals surface area contributed by atoms with E-state index in [1.807, 2.05) is 23.9 Å². The molecular weight excluding hydrogens is 464 g/mol. The number of nitrogens with zero attached hydrogens (tertiary/aromatic N) is 4. The SMILES string of the molecule is COCC[As](C)c1cc(C(=O)Nc2cc(N(C)C)ccc2F)nc(N2CCOCC2)n1. The van der Waals surface area contributed by atoms with Crippen molar-refractivity contribution >= 4 is 42.4 Å². The quantitative estimate of drug-likeness (QED) is 0.562. The maximum atomic E-state index is 14.3. The van der Waals surface area contributed by atoms with E-state index in [0.29, 0.717) is 38.9 Å². The van der Waals surface area contributed by atoms with E-state index < -0.39 is 26.4 Å². The van der Waals surface area contributed by atoms with Crippen molar-refractivity contribution in [2.24, 2.45) is 0 Å². The van der Waals surface area contributed by atoms with E-state index in [1.165, 1.54) is 6.07 Å². The molecule has 1 atom stereocenters. The third-order valence-corrected chi connectivity index (χ3v) is 8.88. The van der Waals surface area contributed by atoms with Gasteiger partial charge < -0.3 is 0 Å². The zero-order valence-electron chi connectivity index (χ0n) is 18.4. The van der Waals surface area contributed by atoms with E-state index >= 15 is 0 Å². The Morgan fingerprint density at radius 1 is 1.29 bits per heavy atom. The molecule has 1 fully saturated rings. The average molecular weight is 493 g/mol. The molecule has 1 amide bonds. The van der Waals surface area contributed by atoms with E-state index in [2.05, 4.69) is 16.0 Å². The number of ether oxygens (including phenoxy) is 2. The summed E-state index contributed by atoms with van der Waals surface area (Å²) in [4.78, 5) is 26.2. The van der Waals surface area contributed by atoms with Crippen molar-refractivity contribution < 1.29 is 18.7 Å². The van der Waals surface area contributed by atoms with Crippen LogP contribution in [0.5, 0.6) is 0 Å². The molecule has 1 aliphatic heterocycles. The molecule has 1 unspecified atom stereocenters. The predicted octanol–water partition coefficient (Wildman–Crippen LogP) is 1.75. The van der Waals surface area contributed by atoms with Crippen molar-refractivity contribution in [1.29, 1.82) is 0 Å². The standard InChI is InChI=1S/C21H29AsFN5O3/c1-22(7-10-30-4)19-14-18(25-21(26-19)28-8-11-31-12-9-28)20(29)24-17-13-15(27(2)3)5-6-16(17)23/h5-6,13-14H,7-12H2,1-4H3,(H,24,29). The molecule has 1 saturated heterocycles. The van der Waals surface area contributed by atoms with Gasteiger partial charge in [-0.1, -0.05) is 0 Å². The van der Waals surface area contributed by atoms with Crippen LogP contribution in [0.4, 0.5) is 21.7 Å². The number of hydrogen-bond donors (Lipinski definition) is 1. The molecule has 1 N–H and O–H groups in total. The minimum absolute atomic E-state index is 0.120. The Morgan fingerprint density at radius 2 is 2.03 bits per heavy atom. The molecule has 0 saturated carbocycles. The summed E-state index contributed by atoms with van der Waals surface area (Å²) in [6.07, 6.45) is 0. The van der Waals surface area contributed by atoms with Gasteiger partial charge in [-0.3, -0.25) is 0 Å². The number of anilines is 3. The minimum atomic E-state index is -1.52. The number of halogens is 1. The van der Waals surface area contributed by atoms with E-state index in [1.54, 1.807) is 25.3 Å². The van der Waals surface area contributed by atoms with Gasteiger partial charge in [0.1, 0.15) is 0 Å². The van der Waals surface area contributed by atoms with Gasteiger partial charge in [-0.25, -0.2) is 0 Å². The Morgan fingerprint density at radius 3 is 2.71 bits per heavy atom. The van der Waals surface area contributed by atoms with Gasteiger partial charge in [-0.2, -0.15) is 0 Å². The van der Waals surface area contributed by atoms with Crippen LogP contribution in [0.2, 0.25) is 10.9 Å².